The van der Waals surface area contributed by atoms with Crippen LogP contribution in [0.1, 0.15) is 38.5 Å². The fraction of sp³-hybridized carbons (Fsp3) is 0.714. The number of aliphatic imine (C=N–C) groups is 1. The molecule has 0 aromatic heterocycles. The molecule has 1 saturated carbocycles. The summed E-state index contributed by atoms with van der Waals surface area (Å²) in [5.41, 5.74) is 0. The first-order valence-electron chi connectivity index (χ1n) is 7.36. The minimum Gasteiger partial charge on any atom is -0.446 e. The van der Waals surface area contributed by atoms with E-state index in [1.54, 1.807) is 0 Å². The number of ether oxygens (including phenoxy) is 1. The number of hydrogen-bond donors (Lipinski definition) is 1. The third-order valence-corrected chi connectivity index (χ3v) is 3.97. The minimum atomic E-state index is -0.570. The largest absolute Gasteiger partial charge is 0.446 e. The van der Waals surface area contributed by atoms with E-state index in [-0.39, 0.29) is 18.6 Å². The topological polar surface area (TPSA) is 88.1 Å². The van der Waals surface area contributed by atoms with Gasteiger partial charge < -0.3 is 15.0 Å². The van der Waals surface area contributed by atoms with Gasteiger partial charge >= 0.3 is 6.09 Å². The standard InChI is InChI=1S/C14H21N3O4/c1-15-13(19)11-7-4-8-17(11)12(18)9-16-14(20)21-10-5-2-3-6-10/h10-11H,1-9H2,(H,16,20)/t11-/m0/s1. The number of carbonyl (C=O) groups is 3. The van der Waals surface area contributed by atoms with Gasteiger partial charge in [0.05, 0.1) is 0 Å². The molecule has 116 valence electrons. The first-order chi connectivity index (χ1) is 10.1. The van der Waals surface area contributed by atoms with E-state index in [2.05, 4.69) is 17.0 Å². The van der Waals surface area contributed by atoms with Gasteiger partial charge in [-0.25, -0.2) is 9.79 Å². The lowest BCUT2D eigenvalue weighted by Crippen LogP contribution is -2.45. The van der Waals surface area contributed by atoms with Crippen molar-refractivity contribution < 1.29 is 19.1 Å². The average Bonchev–Trinajstić information content (AvgIpc) is 3.14. The zero-order valence-corrected chi connectivity index (χ0v) is 12.0. The van der Waals surface area contributed by atoms with E-state index < -0.39 is 18.0 Å². The monoisotopic (exact) mass is 295 g/mol. The highest BCUT2D eigenvalue weighted by Gasteiger charge is 2.33. The summed E-state index contributed by atoms with van der Waals surface area (Å²) in [6, 6.07) is -0.539. The lowest BCUT2D eigenvalue weighted by Gasteiger charge is -2.22. The van der Waals surface area contributed by atoms with E-state index >= 15 is 0 Å². The molecule has 7 heteroatoms. The summed E-state index contributed by atoms with van der Waals surface area (Å²) < 4.78 is 5.20. The predicted molar refractivity (Wildman–Crippen MR) is 76.0 cm³/mol. The number of hydrogen-bond acceptors (Lipinski definition) is 4. The van der Waals surface area contributed by atoms with Crippen molar-refractivity contribution in [2.75, 3.05) is 13.1 Å². The number of amides is 3. The first kappa shape index (κ1) is 15.5. The van der Waals surface area contributed by atoms with Crippen molar-refractivity contribution in [2.24, 2.45) is 4.99 Å². The third kappa shape index (κ3) is 4.03. The van der Waals surface area contributed by atoms with Crippen molar-refractivity contribution in [2.45, 2.75) is 50.7 Å². The van der Waals surface area contributed by atoms with Crippen molar-refractivity contribution in [1.29, 1.82) is 0 Å². The summed E-state index contributed by atoms with van der Waals surface area (Å²) in [7, 11) is 0. The molecule has 1 atom stereocenters. The van der Waals surface area contributed by atoms with Gasteiger partial charge in [0.15, 0.2) is 0 Å². The molecular weight excluding hydrogens is 274 g/mol. The van der Waals surface area contributed by atoms with Crippen molar-refractivity contribution >= 4 is 24.6 Å². The van der Waals surface area contributed by atoms with Gasteiger partial charge in [0.25, 0.3) is 5.91 Å². The zero-order chi connectivity index (χ0) is 15.2. The van der Waals surface area contributed by atoms with Gasteiger partial charge in [-0.15, -0.1) is 0 Å². The Morgan fingerprint density at radius 3 is 2.57 bits per heavy atom. The van der Waals surface area contributed by atoms with Crippen LogP contribution in [-0.4, -0.2) is 54.8 Å². The van der Waals surface area contributed by atoms with Crippen LogP contribution in [0.5, 0.6) is 0 Å². The molecule has 1 aliphatic carbocycles. The fourth-order valence-corrected chi connectivity index (χ4v) is 2.88. The van der Waals surface area contributed by atoms with Crippen LogP contribution in [0.4, 0.5) is 4.79 Å². The van der Waals surface area contributed by atoms with Gasteiger partial charge in [0.2, 0.25) is 5.91 Å². The summed E-state index contributed by atoms with van der Waals surface area (Å²) in [4.78, 5) is 40.0. The Bertz CT molecular complexity index is 432. The lowest BCUT2D eigenvalue weighted by molar-refractivity contribution is -0.136. The number of rotatable bonds is 4. The Morgan fingerprint density at radius 2 is 1.90 bits per heavy atom. The van der Waals surface area contributed by atoms with Crippen molar-refractivity contribution in [3.63, 3.8) is 0 Å². The van der Waals surface area contributed by atoms with E-state index in [0.29, 0.717) is 13.0 Å². The van der Waals surface area contributed by atoms with E-state index in [0.717, 1.165) is 32.1 Å². The quantitative estimate of drug-likeness (QED) is 0.780. The van der Waals surface area contributed by atoms with E-state index in [9.17, 15) is 14.4 Å². The highest BCUT2D eigenvalue weighted by atomic mass is 16.6. The number of nitrogens with one attached hydrogen (secondary N) is 1. The molecule has 0 bridgehead atoms. The molecule has 1 heterocycles. The summed E-state index contributed by atoms with van der Waals surface area (Å²) in [6.07, 6.45) is 4.65. The Hall–Kier alpha value is -1.92. The van der Waals surface area contributed by atoms with Gasteiger partial charge in [-0.05, 0) is 45.2 Å². The molecule has 2 rings (SSSR count). The molecule has 7 nitrogen and oxygen atoms in total. The molecule has 3 amide bonds. The van der Waals surface area contributed by atoms with Crippen LogP contribution < -0.4 is 5.32 Å². The van der Waals surface area contributed by atoms with Crippen LogP contribution in [0, 0.1) is 0 Å². The second kappa shape index (κ2) is 7.19. The molecule has 1 saturated heterocycles. The molecule has 2 aliphatic rings. The van der Waals surface area contributed by atoms with Crippen LogP contribution in [0.15, 0.2) is 4.99 Å². The van der Waals surface area contributed by atoms with Gasteiger partial charge in [-0.2, -0.15) is 0 Å². The van der Waals surface area contributed by atoms with Crippen LogP contribution in [0.2, 0.25) is 0 Å². The molecule has 1 N–H and O–H groups in total. The highest BCUT2D eigenvalue weighted by Crippen LogP contribution is 2.21. The van der Waals surface area contributed by atoms with E-state index in [1.807, 2.05) is 0 Å². The van der Waals surface area contributed by atoms with E-state index in [4.69, 9.17) is 4.74 Å². The smallest absolute Gasteiger partial charge is 0.407 e. The molecular formula is C14H21N3O4. The van der Waals surface area contributed by atoms with Crippen LogP contribution in [0.25, 0.3) is 0 Å². The molecule has 1 aliphatic heterocycles. The molecule has 0 unspecified atom stereocenters. The van der Waals surface area contributed by atoms with Gasteiger partial charge in [-0.3, -0.25) is 9.59 Å². The molecule has 2 fully saturated rings. The lowest BCUT2D eigenvalue weighted by atomic mass is 10.2. The van der Waals surface area contributed by atoms with E-state index in [1.165, 1.54) is 4.90 Å². The summed E-state index contributed by atoms with van der Waals surface area (Å²) >= 11 is 0. The van der Waals surface area contributed by atoms with Crippen molar-refractivity contribution in [3.05, 3.63) is 0 Å². The molecule has 0 radical (unpaired) electrons. The van der Waals surface area contributed by atoms with Crippen LogP contribution >= 0.6 is 0 Å². The molecule has 0 spiro atoms. The molecule has 0 aromatic rings. The maximum Gasteiger partial charge on any atom is 0.407 e. The van der Waals surface area contributed by atoms with Gasteiger partial charge in [0, 0.05) is 6.54 Å². The highest BCUT2D eigenvalue weighted by molar-refractivity contribution is 5.91. The van der Waals surface area contributed by atoms with Gasteiger partial charge in [0.1, 0.15) is 18.7 Å². The molecule has 0 aromatic carbocycles. The minimum absolute atomic E-state index is 0.0359. The second-order valence-electron chi connectivity index (χ2n) is 5.41. The maximum absolute atomic E-state index is 12.1. The summed E-state index contributed by atoms with van der Waals surface area (Å²) in [6.45, 7) is 3.55. The second-order valence-corrected chi connectivity index (χ2v) is 5.41. The number of alkyl carbamates (subject to hydrolysis) is 1. The van der Waals surface area contributed by atoms with Crippen molar-refractivity contribution in [3.8, 4) is 0 Å². The fourth-order valence-electron chi connectivity index (χ4n) is 2.88. The summed E-state index contributed by atoms with van der Waals surface area (Å²) in [5, 5.41) is 2.45. The van der Waals surface area contributed by atoms with Crippen LogP contribution in [0.3, 0.4) is 0 Å². The third-order valence-electron chi connectivity index (χ3n) is 3.97. The maximum atomic E-state index is 12.1. The van der Waals surface area contributed by atoms with Crippen molar-refractivity contribution in [1.82, 2.24) is 10.2 Å². The zero-order valence-electron chi connectivity index (χ0n) is 12.0. The Kier molecular flexibility index (Phi) is 5.30. The van der Waals surface area contributed by atoms with Crippen LogP contribution in [-0.2, 0) is 14.3 Å². The average molecular weight is 295 g/mol. The Labute approximate surface area is 123 Å². The Morgan fingerprint density at radius 1 is 1.19 bits per heavy atom. The SMILES string of the molecule is C=NC(=O)[C@@H]1CCCN1C(=O)CNC(=O)OC1CCCC1. The number of carbonyl (C=O) groups excluding carboxylic acids is 3. The number of likely N-dealkylation sites (tertiary alicyclic amines) is 1. The first-order valence-corrected chi connectivity index (χ1v) is 7.36. The normalized spacial score (nSPS) is 22.1. The predicted octanol–water partition coefficient (Wildman–Crippen LogP) is 0.873. The summed E-state index contributed by atoms with van der Waals surface area (Å²) in [5.74, 6) is -0.688. The number of nitrogens with zero attached hydrogens (tertiary/aromatic N) is 2. The van der Waals surface area contributed by atoms with Gasteiger partial charge in [-0.1, -0.05) is 0 Å². The molecule has 21 heavy (non-hydrogen) atoms. The Balaban J connectivity index is 1.76.